The fourth-order valence-corrected chi connectivity index (χ4v) is 3.18. The molecule has 2 nitrogen and oxygen atoms in total. The number of fused-ring (bicyclic) bond motifs is 1. The van der Waals surface area contributed by atoms with Crippen molar-refractivity contribution in [2.24, 2.45) is 0 Å². The minimum atomic E-state index is -3.36. The predicted octanol–water partition coefficient (Wildman–Crippen LogP) is 2.95. The SMILES string of the molecule is C=C1/C(=C\C=C/C)c2ccccc2S1(=O)=O. The van der Waals surface area contributed by atoms with Gasteiger partial charge in [0.05, 0.1) is 9.80 Å². The van der Waals surface area contributed by atoms with Gasteiger partial charge in [-0.25, -0.2) is 8.42 Å². The summed E-state index contributed by atoms with van der Waals surface area (Å²) in [6.07, 6.45) is 5.46. The summed E-state index contributed by atoms with van der Waals surface area (Å²) in [5.74, 6) is 0. The van der Waals surface area contributed by atoms with E-state index in [1.54, 1.807) is 24.3 Å². The summed E-state index contributed by atoms with van der Waals surface area (Å²) in [5, 5.41) is 0. The summed E-state index contributed by atoms with van der Waals surface area (Å²) in [4.78, 5) is 0.544. The number of hydrogen-bond donors (Lipinski definition) is 0. The molecule has 3 heteroatoms. The van der Waals surface area contributed by atoms with Gasteiger partial charge in [0.1, 0.15) is 0 Å². The Labute approximate surface area is 95.5 Å². The van der Waals surface area contributed by atoms with Crippen molar-refractivity contribution >= 4 is 15.4 Å². The maximum Gasteiger partial charge on any atom is 0.207 e. The van der Waals surface area contributed by atoms with Crippen LogP contribution in [0.4, 0.5) is 0 Å². The number of allylic oxidation sites excluding steroid dienone is 4. The Morgan fingerprint density at radius 3 is 2.62 bits per heavy atom. The number of rotatable bonds is 1. The fourth-order valence-electron chi connectivity index (χ4n) is 1.73. The Morgan fingerprint density at radius 2 is 1.94 bits per heavy atom. The first-order valence-corrected chi connectivity index (χ1v) is 6.44. The van der Waals surface area contributed by atoms with E-state index in [4.69, 9.17) is 0 Å². The normalized spacial score (nSPS) is 20.6. The Kier molecular flexibility index (Phi) is 2.56. The summed E-state index contributed by atoms with van der Waals surface area (Å²) >= 11 is 0. The molecule has 1 heterocycles. The third kappa shape index (κ3) is 1.44. The van der Waals surface area contributed by atoms with E-state index < -0.39 is 9.84 Å². The van der Waals surface area contributed by atoms with Gasteiger partial charge in [-0.15, -0.1) is 0 Å². The Hall–Kier alpha value is -1.61. The number of benzene rings is 1. The van der Waals surface area contributed by atoms with Crippen LogP contribution in [0.3, 0.4) is 0 Å². The molecule has 0 spiro atoms. The lowest BCUT2D eigenvalue weighted by atomic mass is 10.1. The van der Waals surface area contributed by atoms with E-state index in [0.29, 0.717) is 10.5 Å². The monoisotopic (exact) mass is 232 g/mol. The zero-order valence-electron chi connectivity index (χ0n) is 8.97. The standard InChI is InChI=1S/C13H12O2S/c1-3-4-7-11-10(2)16(14,15)13-9-6-5-8-12(11)13/h3-9H,2H2,1H3/b4-3-,11-7+. The molecule has 0 N–H and O–H groups in total. The molecule has 82 valence electrons. The van der Waals surface area contributed by atoms with Crippen LogP contribution in [0.2, 0.25) is 0 Å². The van der Waals surface area contributed by atoms with Gasteiger partial charge in [-0.1, -0.05) is 43.0 Å². The van der Waals surface area contributed by atoms with Crippen molar-refractivity contribution in [3.05, 3.63) is 59.5 Å². The first kappa shape index (κ1) is 10.9. The lowest BCUT2D eigenvalue weighted by Crippen LogP contribution is -1.95. The van der Waals surface area contributed by atoms with Crippen LogP contribution in [0.5, 0.6) is 0 Å². The first-order chi connectivity index (χ1) is 7.59. The summed E-state index contributed by atoms with van der Waals surface area (Å²) < 4.78 is 24.0. The van der Waals surface area contributed by atoms with Crippen molar-refractivity contribution in [2.45, 2.75) is 11.8 Å². The lowest BCUT2D eigenvalue weighted by Gasteiger charge is -1.96. The van der Waals surface area contributed by atoms with Crippen LogP contribution in [0.1, 0.15) is 12.5 Å². The van der Waals surface area contributed by atoms with Gasteiger partial charge >= 0.3 is 0 Å². The van der Waals surface area contributed by atoms with E-state index in [2.05, 4.69) is 6.58 Å². The summed E-state index contributed by atoms with van der Waals surface area (Å²) in [5.41, 5.74) is 1.43. The van der Waals surface area contributed by atoms with E-state index in [1.807, 2.05) is 25.1 Å². The van der Waals surface area contributed by atoms with Gasteiger partial charge < -0.3 is 0 Å². The minimum Gasteiger partial charge on any atom is -0.218 e. The van der Waals surface area contributed by atoms with Crippen molar-refractivity contribution in [3.8, 4) is 0 Å². The molecule has 16 heavy (non-hydrogen) atoms. The maximum absolute atomic E-state index is 12.0. The summed E-state index contributed by atoms with van der Waals surface area (Å²) in [7, 11) is -3.36. The third-order valence-electron chi connectivity index (χ3n) is 2.55. The Morgan fingerprint density at radius 1 is 1.25 bits per heavy atom. The predicted molar refractivity (Wildman–Crippen MR) is 65.6 cm³/mol. The van der Waals surface area contributed by atoms with Crippen molar-refractivity contribution in [2.75, 3.05) is 0 Å². The van der Waals surface area contributed by atoms with E-state index in [0.717, 1.165) is 5.56 Å². The molecule has 0 aliphatic carbocycles. The molecule has 0 atom stereocenters. The largest absolute Gasteiger partial charge is 0.218 e. The maximum atomic E-state index is 12.0. The highest BCUT2D eigenvalue weighted by atomic mass is 32.2. The molecule has 0 aromatic heterocycles. The van der Waals surface area contributed by atoms with Gasteiger partial charge in [-0.3, -0.25) is 0 Å². The van der Waals surface area contributed by atoms with Crippen LogP contribution in [0.25, 0.3) is 5.57 Å². The second-order valence-electron chi connectivity index (χ2n) is 3.53. The molecule has 0 amide bonds. The van der Waals surface area contributed by atoms with Crippen molar-refractivity contribution in [1.82, 2.24) is 0 Å². The zero-order valence-corrected chi connectivity index (χ0v) is 9.79. The molecule has 0 radical (unpaired) electrons. The van der Waals surface area contributed by atoms with Gasteiger partial charge in [-0.2, -0.15) is 0 Å². The second-order valence-corrected chi connectivity index (χ2v) is 5.47. The molecule has 0 unspecified atom stereocenters. The molecular formula is C13H12O2S. The molecule has 2 rings (SSSR count). The van der Waals surface area contributed by atoms with E-state index in [-0.39, 0.29) is 4.91 Å². The molecule has 1 aliphatic rings. The molecule has 0 bridgehead atoms. The number of sulfone groups is 1. The van der Waals surface area contributed by atoms with Gasteiger partial charge in [-0.05, 0) is 13.0 Å². The van der Waals surface area contributed by atoms with Gasteiger partial charge in [0.15, 0.2) is 0 Å². The van der Waals surface area contributed by atoms with Crippen molar-refractivity contribution in [3.63, 3.8) is 0 Å². The molecule has 1 aliphatic heterocycles. The van der Waals surface area contributed by atoms with Crippen LogP contribution in [-0.4, -0.2) is 8.42 Å². The van der Waals surface area contributed by atoms with Gasteiger partial charge in [0.2, 0.25) is 9.84 Å². The highest BCUT2D eigenvalue weighted by Crippen LogP contribution is 2.41. The number of hydrogen-bond acceptors (Lipinski definition) is 2. The van der Waals surface area contributed by atoms with Gasteiger partial charge in [0, 0.05) is 11.1 Å². The summed E-state index contributed by atoms with van der Waals surface area (Å²) in [6, 6.07) is 6.98. The van der Waals surface area contributed by atoms with Crippen LogP contribution >= 0.6 is 0 Å². The average molecular weight is 232 g/mol. The Balaban J connectivity index is 2.75. The molecule has 0 saturated heterocycles. The average Bonchev–Trinajstić information content (AvgIpc) is 2.47. The van der Waals surface area contributed by atoms with Crippen LogP contribution < -0.4 is 0 Å². The fraction of sp³-hybridized carbons (Fsp3) is 0.0769. The molecule has 0 fully saturated rings. The molecular weight excluding hydrogens is 220 g/mol. The zero-order chi connectivity index (χ0) is 11.8. The van der Waals surface area contributed by atoms with Crippen LogP contribution in [0.15, 0.2) is 58.9 Å². The van der Waals surface area contributed by atoms with Crippen molar-refractivity contribution in [1.29, 1.82) is 0 Å². The van der Waals surface area contributed by atoms with E-state index in [9.17, 15) is 8.42 Å². The third-order valence-corrected chi connectivity index (χ3v) is 4.35. The second kappa shape index (κ2) is 3.76. The van der Waals surface area contributed by atoms with Crippen molar-refractivity contribution < 1.29 is 8.42 Å². The lowest BCUT2D eigenvalue weighted by molar-refractivity contribution is 0.604. The first-order valence-electron chi connectivity index (χ1n) is 4.96. The molecule has 1 aromatic rings. The van der Waals surface area contributed by atoms with E-state index in [1.165, 1.54) is 0 Å². The van der Waals surface area contributed by atoms with E-state index >= 15 is 0 Å². The molecule has 0 saturated carbocycles. The van der Waals surface area contributed by atoms with Gasteiger partial charge in [0.25, 0.3) is 0 Å². The van der Waals surface area contributed by atoms with Crippen LogP contribution in [-0.2, 0) is 9.84 Å². The highest BCUT2D eigenvalue weighted by Gasteiger charge is 2.33. The summed E-state index contributed by atoms with van der Waals surface area (Å²) in [6.45, 7) is 5.55. The smallest absolute Gasteiger partial charge is 0.207 e. The van der Waals surface area contributed by atoms with Crippen LogP contribution in [0, 0.1) is 0 Å². The quantitative estimate of drug-likeness (QED) is 0.746. The minimum absolute atomic E-state index is 0.187. The topological polar surface area (TPSA) is 34.1 Å². The molecule has 1 aromatic carbocycles. The Bertz CT molecular complexity index is 605. The highest BCUT2D eigenvalue weighted by molar-refractivity contribution is 7.96.